The fraction of sp³-hybridized carbons (Fsp3) is 0.308. The van der Waals surface area contributed by atoms with Crippen molar-refractivity contribution in [3.8, 4) is 5.75 Å². The van der Waals surface area contributed by atoms with Gasteiger partial charge >= 0.3 is 5.97 Å². The van der Waals surface area contributed by atoms with Crippen molar-refractivity contribution in [2.45, 2.75) is 13.8 Å². The van der Waals surface area contributed by atoms with Gasteiger partial charge in [0.25, 0.3) is 0 Å². The summed E-state index contributed by atoms with van der Waals surface area (Å²) in [5, 5.41) is 0. The van der Waals surface area contributed by atoms with E-state index < -0.39 is 5.97 Å². The van der Waals surface area contributed by atoms with Crippen LogP contribution in [0.3, 0.4) is 0 Å². The van der Waals surface area contributed by atoms with Crippen LogP contribution in [0, 0.1) is 6.92 Å². The molecular formula is C13H14N2O3. The molecule has 0 N–H and O–H groups in total. The van der Waals surface area contributed by atoms with Gasteiger partial charge in [-0.2, -0.15) is 0 Å². The maximum atomic E-state index is 11.7. The summed E-state index contributed by atoms with van der Waals surface area (Å²) < 4.78 is 10.1. The molecule has 0 spiro atoms. The van der Waals surface area contributed by atoms with Crippen molar-refractivity contribution in [1.82, 2.24) is 9.97 Å². The van der Waals surface area contributed by atoms with Gasteiger partial charge in [0.1, 0.15) is 5.75 Å². The van der Waals surface area contributed by atoms with E-state index in [9.17, 15) is 4.79 Å². The molecule has 0 saturated heterocycles. The first-order chi connectivity index (χ1) is 8.65. The van der Waals surface area contributed by atoms with Crippen molar-refractivity contribution in [2.24, 2.45) is 0 Å². The first-order valence-corrected chi connectivity index (χ1v) is 5.65. The third kappa shape index (κ3) is 2.25. The molecule has 0 atom stereocenters. The maximum absolute atomic E-state index is 11.7. The van der Waals surface area contributed by atoms with Crippen molar-refractivity contribution >= 4 is 17.0 Å². The molecule has 2 rings (SSSR count). The van der Waals surface area contributed by atoms with Crippen molar-refractivity contribution in [2.75, 3.05) is 13.7 Å². The highest BCUT2D eigenvalue weighted by molar-refractivity contribution is 5.91. The molecule has 0 bridgehead atoms. The number of benzene rings is 1. The molecule has 0 saturated carbocycles. The standard InChI is InChI=1S/C13H14N2O3/c1-4-18-13(16)12-8(2)14-11-7-9(17-3)5-6-10(11)15-12/h5-7H,4H2,1-3H3. The second kappa shape index (κ2) is 5.00. The lowest BCUT2D eigenvalue weighted by Gasteiger charge is -2.06. The van der Waals surface area contributed by atoms with E-state index in [0.717, 1.165) is 0 Å². The first kappa shape index (κ1) is 12.3. The first-order valence-electron chi connectivity index (χ1n) is 5.65. The number of hydrogen-bond donors (Lipinski definition) is 0. The van der Waals surface area contributed by atoms with Gasteiger partial charge in [0.2, 0.25) is 0 Å². The number of rotatable bonds is 3. The Bertz CT molecular complexity index is 596. The van der Waals surface area contributed by atoms with E-state index in [-0.39, 0.29) is 5.69 Å². The molecular weight excluding hydrogens is 232 g/mol. The summed E-state index contributed by atoms with van der Waals surface area (Å²) in [4.78, 5) is 20.3. The van der Waals surface area contributed by atoms with E-state index >= 15 is 0 Å². The average molecular weight is 246 g/mol. The summed E-state index contributed by atoms with van der Waals surface area (Å²) in [5.74, 6) is 0.264. The van der Waals surface area contributed by atoms with Gasteiger partial charge < -0.3 is 9.47 Å². The molecule has 5 heteroatoms. The molecule has 1 heterocycles. The maximum Gasteiger partial charge on any atom is 0.358 e. The number of nitrogens with zero attached hydrogens (tertiary/aromatic N) is 2. The summed E-state index contributed by atoms with van der Waals surface area (Å²) in [6, 6.07) is 5.33. The molecule has 0 radical (unpaired) electrons. The van der Waals surface area contributed by atoms with Crippen molar-refractivity contribution in [1.29, 1.82) is 0 Å². The molecule has 0 amide bonds. The van der Waals surface area contributed by atoms with Crippen LogP contribution in [0.1, 0.15) is 23.1 Å². The fourth-order valence-corrected chi connectivity index (χ4v) is 1.64. The zero-order valence-corrected chi connectivity index (χ0v) is 10.6. The van der Waals surface area contributed by atoms with Crippen LogP contribution in [0.15, 0.2) is 18.2 Å². The SMILES string of the molecule is CCOC(=O)c1nc2ccc(OC)cc2nc1C. The Labute approximate surface area is 105 Å². The second-order valence-electron chi connectivity index (χ2n) is 3.73. The molecule has 94 valence electrons. The Morgan fingerprint density at radius 1 is 1.28 bits per heavy atom. The van der Waals surface area contributed by atoms with E-state index in [0.29, 0.717) is 29.1 Å². The molecule has 5 nitrogen and oxygen atoms in total. The minimum absolute atomic E-state index is 0.259. The molecule has 2 aromatic rings. The second-order valence-corrected chi connectivity index (χ2v) is 3.73. The van der Waals surface area contributed by atoms with Gasteiger partial charge in [-0.05, 0) is 26.0 Å². The van der Waals surface area contributed by atoms with Crippen molar-refractivity contribution < 1.29 is 14.3 Å². The number of carbonyl (C=O) groups is 1. The van der Waals surface area contributed by atoms with E-state index in [1.54, 1.807) is 39.2 Å². The highest BCUT2D eigenvalue weighted by atomic mass is 16.5. The zero-order valence-electron chi connectivity index (χ0n) is 10.6. The number of methoxy groups -OCH3 is 1. The Kier molecular flexibility index (Phi) is 3.41. The molecule has 1 aromatic heterocycles. The van der Waals surface area contributed by atoms with Crippen LogP contribution in [0.25, 0.3) is 11.0 Å². The molecule has 0 aliphatic carbocycles. The van der Waals surface area contributed by atoms with Gasteiger partial charge in [-0.3, -0.25) is 0 Å². The third-order valence-electron chi connectivity index (χ3n) is 2.51. The minimum atomic E-state index is -0.444. The average Bonchev–Trinajstić information content (AvgIpc) is 2.37. The predicted octanol–water partition coefficient (Wildman–Crippen LogP) is 2.12. The summed E-state index contributed by atoms with van der Waals surface area (Å²) >= 11 is 0. The smallest absolute Gasteiger partial charge is 0.358 e. The monoisotopic (exact) mass is 246 g/mol. The number of aryl methyl sites for hydroxylation is 1. The third-order valence-corrected chi connectivity index (χ3v) is 2.51. The summed E-state index contributed by atoms with van der Waals surface area (Å²) in [5.41, 5.74) is 2.15. The fourth-order valence-electron chi connectivity index (χ4n) is 1.64. The molecule has 0 unspecified atom stereocenters. The number of aromatic nitrogens is 2. The van der Waals surface area contributed by atoms with Gasteiger partial charge in [0.15, 0.2) is 5.69 Å². The van der Waals surface area contributed by atoms with Crippen molar-refractivity contribution in [3.05, 3.63) is 29.6 Å². The van der Waals surface area contributed by atoms with Crippen LogP contribution in [-0.2, 0) is 4.74 Å². The topological polar surface area (TPSA) is 61.3 Å². The molecule has 1 aromatic carbocycles. The number of fused-ring (bicyclic) bond motifs is 1. The van der Waals surface area contributed by atoms with Gasteiger partial charge in [-0.15, -0.1) is 0 Å². The summed E-state index contributed by atoms with van der Waals surface area (Å²) in [6.07, 6.45) is 0. The highest BCUT2D eigenvalue weighted by Crippen LogP contribution is 2.19. The van der Waals surface area contributed by atoms with Crippen molar-refractivity contribution in [3.63, 3.8) is 0 Å². The van der Waals surface area contributed by atoms with Crippen LogP contribution in [0.5, 0.6) is 5.75 Å². The summed E-state index contributed by atoms with van der Waals surface area (Å²) in [6.45, 7) is 3.81. The minimum Gasteiger partial charge on any atom is -0.497 e. The number of hydrogen-bond acceptors (Lipinski definition) is 5. The Balaban J connectivity index is 2.52. The van der Waals surface area contributed by atoms with Crippen LogP contribution >= 0.6 is 0 Å². The van der Waals surface area contributed by atoms with E-state index in [4.69, 9.17) is 9.47 Å². The number of carbonyl (C=O) groups excluding carboxylic acids is 1. The molecule has 0 fully saturated rings. The normalized spacial score (nSPS) is 10.4. The van der Waals surface area contributed by atoms with E-state index in [1.807, 2.05) is 0 Å². The highest BCUT2D eigenvalue weighted by Gasteiger charge is 2.14. The van der Waals surface area contributed by atoms with Crippen LogP contribution < -0.4 is 4.74 Å². The lowest BCUT2D eigenvalue weighted by molar-refractivity contribution is 0.0518. The lowest BCUT2D eigenvalue weighted by atomic mass is 10.2. The van der Waals surface area contributed by atoms with Gasteiger partial charge in [-0.1, -0.05) is 0 Å². The van der Waals surface area contributed by atoms with Gasteiger partial charge in [-0.25, -0.2) is 14.8 Å². The quantitative estimate of drug-likeness (QED) is 0.776. The Morgan fingerprint density at radius 3 is 2.72 bits per heavy atom. The number of esters is 1. The molecule has 18 heavy (non-hydrogen) atoms. The predicted molar refractivity (Wildman–Crippen MR) is 66.8 cm³/mol. The van der Waals surface area contributed by atoms with E-state index in [2.05, 4.69) is 9.97 Å². The zero-order chi connectivity index (χ0) is 13.1. The lowest BCUT2D eigenvalue weighted by Crippen LogP contribution is -2.10. The van der Waals surface area contributed by atoms with Crippen LogP contribution in [0.2, 0.25) is 0 Å². The van der Waals surface area contributed by atoms with Gasteiger partial charge in [0.05, 0.1) is 30.4 Å². The molecule has 0 aliphatic rings. The Morgan fingerprint density at radius 2 is 2.06 bits per heavy atom. The Hall–Kier alpha value is -2.17. The number of ether oxygens (including phenoxy) is 2. The van der Waals surface area contributed by atoms with Crippen LogP contribution in [0.4, 0.5) is 0 Å². The van der Waals surface area contributed by atoms with E-state index in [1.165, 1.54) is 0 Å². The van der Waals surface area contributed by atoms with Gasteiger partial charge in [0, 0.05) is 6.07 Å². The molecule has 0 aliphatic heterocycles. The largest absolute Gasteiger partial charge is 0.497 e. The summed E-state index contributed by atoms with van der Waals surface area (Å²) in [7, 11) is 1.59. The van der Waals surface area contributed by atoms with Crippen LogP contribution in [-0.4, -0.2) is 29.7 Å².